The number of rotatable bonds is 17. The molecule has 0 spiro atoms. The first-order chi connectivity index (χ1) is 13.5. The lowest BCUT2D eigenvalue weighted by Gasteiger charge is -2.07. The number of hydrogen-bond donors (Lipinski definition) is 0. The monoisotopic (exact) mass is 387 g/mol. The standard InChI is InChI=1S/C22H29NO5/c1-4-10-21(27-16-8-6-5-7-15-26-18-24)11-9-12-22(25)28-20(3)14-13-19(2)17-23/h4,9-11,18H,1-3,5-8,12-16H2/b11-9-,21-10+. The summed E-state index contributed by atoms with van der Waals surface area (Å²) < 4.78 is 15.4. The molecule has 28 heavy (non-hydrogen) atoms. The Bertz CT molecular complexity index is 625. The summed E-state index contributed by atoms with van der Waals surface area (Å²) in [7, 11) is 0. The maximum atomic E-state index is 11.8. The highest BCUT2D eigenvalue weighted by Gasteiger charge is 2.05. The highest BCUT2D eigenvalue weighted by molar-refractivity contribution is 5.72. The maximum absolute atomic E-state index is 11.8. The van der Waals surface area contributed by atoms with Gasteiger partial charge in [-0.05, 0) is 44.3 Å². The lowest BCUT2D eigenvalue weighted by molar-refractivity contribution is -0.138. The third kappa shape index (κ3) is 15.2. The summed E-state index contributed by atoms with van der Waals surface area (Å²) >= 11 is 0. The lowest BCUT2D eigenvalue weighted by atomic mass is 10.2. The average Bonchev–Trinajstić information content (AvgIpc) is 2.68. The van der Waals surface area contributed by atoms with Crippen molar-refractivity contribution in [1.29, 1.82) is 5.26 Å². The van der Waals surface area contributed by atoms with Gasteiger partial charge in [0.1, 0.15) is 11.5 Å². The molecule has 0 aliphatic carbocycles. The average molecular weight is 387 g/mol. The molecule has 0 heterocycles. The zero-order valence-electron chi connectivity index (χ0n) is 16.4. The van der Waals surface area contributed by atoms with Crippen LogP contribution >= 0.6 is 0 Å². The molecule has 0 N–H and O–H groups in total. The summed E-state index contributed by atoms with van der Waals surface area (Å²) in [6.07, 6.45) is 11.2. The fourth-order valence-electron chi connectivity index (χ4n) is 2.02. The topological polar surface area (TPSA) is 85.6 Å². The van der Waals surface area contributed by atoms with Gasteiger partial charge in [-0.15, -0.1) is 0 Å². The van der Waals surface area contributed by atoms with Crippen molar-refractivity contribution in [3.05, 3.63) is 61.1 Å². The number of carbonyl (C=O) groups excluding carboxylic acids is 2. The van der Waals surface area contributed by atoms with Crippen LogP contribution in [0.3, 0.4) is 0 Å². The number of unbranched alkanes of at least 4 members (excludes halogenated alkanes) is 3. The second-order valence-electron chi connectivity index (χ2n) is 5.87. The van der Waals surface area contributed by atoms with E-state index in [4.69, 9.17) is 14.7 Å². The van der Waals surface area contributed by atoms with Crippen molar-refractivity contribution in [3.63, 3.8) is 0 Å². The summed E-state index contributed by atoms with van der Waals surface area (Å²) in [4.78, 5) is 21.8. The van der Waals surface area contributed by atoms with Crippen molar-refractivity contribution < 1.29 is 23.8 Å². The molecular formula is C22H29NO5. The maximum Gasteiger partial charge on any atom is 0.314 e. The third-order valence-electron chi connectivity index (χ3n) is 3.46. The Morgan fingerprint density at radius 1 is 1.07 bits per heavy atom. The number of esters is 1. The smallest absolute Gasteiger partial charge is 0.314 e. The van der Waals surface area contributed by atoms with Crippen molar-refractivity contribution >= 4 is 12.4 Å². The van der Waals surface area contributed by atoms with Crippen LogP contribution in [0.2, 0.25) is 0 Å². The molecule has 0 aliphatic rings. The fourth-order valence-corrected chi connectivity index (χ4v) is 2.02. The van der Waals surface area contributed by atoms with Crippen molar-refractivity contribution in [2.75, 3.05) is 13.2 Å². The van der Waals surface area contributed by atoms with E-state index in [1.165, 1.54) is 0 Å². The van der Waals surface area contributed by atoms with Crippen molar-refractivity contribution in [3.8, 4) is 6.07 Å². The summed E-state index contributed by atoms with van der Waals surface area (Å²) in [5.41, 5.74) is 0.419. The van der Waals surface area contributed by atoms with E-state index in [1.54, 1.807) is 24.3 Å². The molecule has 0 bridgehead atoms. The normalized spacial score (nSPS) is 10.8. The molecule has 6 heteroatoms. The number of carbonyl (C=O) groups is 2. The molecule has 0 amide bonds. The molecule has 0 aromatic rings. The lowest BCUT2D eigenvalue weighted by Crippen LogP contribution is -2.02. The van der Waals surface area contributed by atoms with Gasteiger partial charge < -0.3 is 14.2 Å². The Labute approximate surface area is 167 Å². The molecule has 0 aromatic carbocycles. The molecule has 0 aliphatic heterocycles. The van der Waals surface area contributed by atoms with Crippen molar-refractivity contribution in [2.24, 2.45) is 0 Å². The van der Waals surface area contributed by atoms with Gasteiger partial charge in [-0.2, -0.15) is 5.26 Å². The van der Waals surface area contributed by atoms with E-state index in [0.29, 0.717) is 49.6 Å². The molecule has 0 unspecified atom stereocenters. The summed E-state index contributed by atoms with van der Waals surface area (Å²) in [5, 5.41) is 8.64. The molecule has 0 radical (unpaired) electrons. The van der Waals surface area contributed by atoms with Gasteiger partial charge in [-0.3, -0.25) is 9.59 Å². The first kappa shape index (κ1) is 24.9. The molecule has 152 valence electrons. The van der Waals surface area contributed by atoms with Gasteiger partial charge in [0.25, 0.3) is 6.47 Å². The van der Waals surface area contributed by atoms with Gasteiger partial charge >= 0.3 is 5.97 Å². The van der Waals surface area contributed by atoms with Gasteiger partial charge in [0.2, 0.25) is 0 Å². The molecule has 0 saturated heterocycles. The molecule has 0 atom stereocenters. The second kappa shape index (κ2) is 17.3. The number of hydrogen-bond acceptors (Lipinski definition) is 6. The molecular weight excluding hydrogens is 358 g/mol. The number of nitrogens with zero attached hydrogens (tertiary/aromatic N) is 1. The highest BCUT2D eigenvalue weighted by atomic mass is 16.5. The Morgan fingerprint density at radius 3 is 2.43 bits per heavy atom. The van der Waals surface area contributed by atoms with Crippen LogP contribution in [-0.4, -0.2) is 25.7 Å². The van der Waals surface area contributed by atoms with E-state index in [1.807, 2.05) is 6.07 Å². The Balaban J connectivity index is 4.08. The quantitative estimate of drug-likeness (QED) is 0.0900. The van der Waals surface area contributed by atoms with Gasteiger partial charge in [0, 0.05) is 12.0 Å². The van der Waals surface area contributed by atoms with E-state index < -0.39 is 5.97 Å². The number of nitriles is 1. The Morgan fingerprint density at radius 2 is 1.79 bits per heavy atom. The summed E-state index contributed by atoms with van der Waals surface area (Å²) in [6.45, 7) is 12.3. The Hall–Kier alpha value is -3.07. The zero-order chi connectivity index (χ0) is 21.0. The first-order valence-electron chi connectivity index (χ1n) is 9.17. The van der Waals surface area contributed by atoms with E-state index in [2.05, 4.69) is 24.5 Å². The minimum absolute atomic E-state index is 0.0762. The van der Waals surface area contributed by atoms with Crippen molar-refractivity contribution in [2.45, 2.75) is 44.9 Å². The molecule has 0 saturated carbocycles. The van der Waals surface area contributed by atoms with Gasteiger partial charge in [-0.1, -0.05) is 31.9 Å². The van der Waals surface area contributed by atoms with E-state index >= 15 is 0 Å². The van der Waals surface area contributed by atoms with E-state index in [0.717, 1.165) is 25.7 Å². The van der Waals surface area contributed by atoms with Crippen LogP contribution in [0.25, 0.3) is 0 Å². The van der Waals surface area contributed by atoms with Crippen LogP contribution in [-0.2, 0) is 23.8 Å². The van der Waals surface area contributed by atoms with E-state index in [-0.39, 0.29) is 6.42 Å². The molecule has 6 nitrogen and oxygen atoms in total. The van der Waals surface area contributed by atoms with Gasteiger partial charge in [-0.25, -0.2) is 0 Å². The van der Waals surface area contributed by atoms with Gasteiger partial charge in [0.05, 0.1) is 25.7 Å². The van der Waals surface area contributed by atoms with Crippen LogP contribution in [0, 0.1) is 11.3 Å². The molecule has 0 fully saturated rings. The number of ether oxygens (including phenoxy) is 3. The minimum atomic E-state index is -0.431. The largest absolute Gasteiger partial charge is 0.494 e. The number of allylic oxidation sites excluding steroid dienone is 5. The fraction of sp³-hybridized carbons (Fsp3) is 0.409. The van der Waals surface area contributed by atoms with E-state index in [9.17, 15) is 9.59 Å². The van der Waals surface area contributed by atoms with Crippen LogP contribution in [0.15, 0.2) is 61.1 Å². The predicted octanol–water partition coefficient (Wildman–Crippen LogP) is 4.67. The minimum Gasteiger partial charge on any atom is -0.494 e. The summed E-state index contributed by atoms with van der Waals surface area (Å²) in [6, 6.07) is 1.93. The van der Waals surface area contributed by atoms with Crippen molar-refractivity contribution in [1.82, 2.24) is 0 Å². The van der Waals surface area contributed by atoms with Crippen LogP contribution in [0.1, 0.15) is 44.9 Å². The second-order valence-corrected chi connectivity index (χ2v) is 5.87. The summed E-state index contributed by atoms with van der Waals surface area (Å²) in [5.74, 6) is 0.488. The first-order valence-corrected chi connectivity index (χ1v) is 9.17. The highest BCUT2D eigenvalue weighted by Crippen LogP contribution is 2.11. The van der Waals surface area contributed by atoms with Crippen LogP contribution < -0.4 is 0 Å². The van der Waals surface area contributed by atoms with Crippen LogP contribution in [0.4, 0.5) is 0 Å². The zero-order valence-corrected chi connectivity index (χ0v) is 16.4. The SMILES string of the molecule is C=C/C=C(\C=C/CC(=O)OC(=C)CCC(=C)C#N)OCCCCCCOC=O. The third-order valence-corrected chi connectivity index (χ3v) is 3.46. The predicted molar refractivity (Wildman–Crippen MR) is 108 cm³/mol. The van der Waals surface area contributed by atoms with Crippen LogP contribution in [0.5, 0.6) is 0 Å². The molecule has 0 rings (SSSR count). The van der Waals surface area contributed by atoms with Gasteiger partial charge in [0.15, 0.2) is 0 Å². The Kier molecular flexibility index (Phi) is 15.4. The molecule has 0 aromatic heterocycles.